The molecule has 1 fully saturated rings. The van der Waals surface area contributed by atoms with Crippen LogP contribution in [0.15, 0.2) is 4.99 Å². The second-order valence-electron chi connectivity index (χ2n) is 4.81. The van der Waals surface area contributed by atoms with Crippen molar-refractivity contribution in [2.75, 3.05) is 32.8 Å². The molecule has 1 rings (SSSR count). The lowest BCUT2D eigenvalue weighted by atomic mass is 10.2. The molecule has 0 aromatic heterocycles. The van der Waals surface area contributed by atoms with Crippen molar-refractivity contribution in [2.24, 2.45) is 10.7 Å². The summed E-state index contributed by atoms with van der Waals surface area (Å²) < 4.78 is 5.52. The topological polar surface area (TPSA) is 62.9 Å². The number of hydrogen-bond donors (Lipinski definition) is 2. The van der Waals surface area contributed by atoms with Crippen molar-refractivity contribution < 1.29 is 4.74 Å². The SMILES string of the molecule is CCN(CC)C(C)CN=C(N)NCC1CCCO1.I. The number of likely N-dealkylation sites (N-methyl/N-ethyl adjacent to an activating group) is 1. The molecular formula is C13H29IN4O. The lowest BCUT2D eigenvalue weighted by Gasteiger charge is -2.24. The van der Waals surface area contributed by atoms with Gasteiger partial charge in [-0.05, 0) is 32.9 Å². The summed E-state index contributed by atoms with van der Waals surface area (Å²) in [4.78, 5) is 6.76. The number of halogens is 1. The molecule has 1 aliphatic heterocycles. The standard InChI is InChI=1S/C13H28N4O.HI/c1-4-17(5-2)11(3)9-15-13(14)16-10-12-7-6-8-18-12;/h11-12H,4-10H2,1-3H3,(H3,14,15,16);1H. The number of hydrogen-bond acceptors (Lipinski definition) is 3. The number of nitrogens with one attached hydrogen (secondary N) is 1. The van der Waals surface area contributed by atoms with E-state index in [2.05, 4.69) is 36.0 Å². The molecule has 6 heteroatoms. The minimum absolute atomic E-state index is 0. The van der Waals surface area contributed by atoms with Gasteiger partial charge in [0.25, 0.3) is 0 Å². The third-order valence-corrected chi connectivity index (χ3v) is 3.50. The zero-order valence-electron chi connectivity index (χ0n) is 12.4. The predicted octanol–water partition coefficient (Wildman–Crippen LogP) is 1.42. The quantitative estimate of drug-likeness (QED) is 0.396. The van der Waals surface area contributed by atoms with Crippen LogP contribution in [0.2, 0.25) is 0 Å². The molecule has 114 valence electrons. The molecule has 0 spiro atoms. The Hall–Kier alpha value is -0.0800. The van der Waals surface area contributed by atoms with E-state index in [1.165, 1.54) is 0 Å². The molecule has 0 amide bonds. The Labute approximate surface area is 134 Å². The molecule has 0 aromatic carbocycles. The van der Waals surface area contributed by atoms with E-state index in [1.807, 2.05) is 0 Å². The number of rotatable bonds is 7. The van der Waals surface area contributed by atoms with Gasteiger partial charge in [-0.2, -0.15) is 0 Å². The Morgan fingerprint density at radius 1 is 1.47 bits per heavy atom. The van der Waals surface area contributed by atoms with Crippen LogP contribution in [0.1, 0.15) is 33.6 Å². The van der Waals surface area contributed by atoms with E-state index in [9.17, 15) is 0 Å². The first kappa shape index (κ1) is 18.9. The van der Waals surface area contributed by atoms with Crippen LogP contribution in [-0.4, -0.2) is 55.8 Å². The second-order valence-corrected chi connectivity index (χ2v) is 4.81. The number of aliphatic imine (C=N–C) groups is 1. The molecule has 1 aliphatic rings. The maximum Gasteiger partial charge on any atom is 0.188 e. The number of ether oxygens (including phenoxy) is 1. The van der Waals surface area contributed by atoms with Crippen LogP contribution >= 0.6 is 24.0 Å². The van der Waals surface area contributed by atoms with Crippen molar-refractivity contribution in [2.45, 2.75) is 45.8 Å². The first-order valence-corrected chi connectivity index (χ1v) is 7.06. The highest BCUT2D eigenvalue weighted by molar-refractivity contribution is 14.0. The average Bonchev–Trinajstić information content (AvgIpc) is 2.88. The van der Waals surface area contributed by atoms with Crippen LogP contribution in [0.4, 0.5) is 0 Å². The fraction of sp³-hybridized carbons (Fsp3) is 0.923. The highest BCUT2D eigenvalue weighted by atomic mass is 127. The van der Waals surface area contributed by atoms with Crippen molar-refractivity contribution in [1.82, 2.24) is 10.2 Å². The van der Waals surface area contributed by atoms with E-state index in [0.717, 1.165) is 45.6 Å². The van der Waals surface area contributed by atoms with Crippen molar-refractivity contribution in [3.63, 3.8) is 0 Å². The maximum absolute atomic E-state index is 5.85. The smallest absolute Gasteiger partial charge is 0.188 e. The molecule has 1 heterocycles. The Bertz CT molecular complexity index is 253. The second kappa shape index (κ2) is 10.7. The van der Waals surface area contributed by atoms with Gasteiger partial charge in [0.15, 0.2) is 5.96 Å². The minimum Gasteiger partial charge on any atom is -0.376 e. The molecule has 2 atom stereocenters. The normalized spacial score (nSPS) is 21.3. The molecule has 5 nitrogen and oxygen atoms in total. The van der Waals surface area contributed by atoms with Crippen LogP contribution in [0, 0.1) is 0 Å². The van der Waals surface area contributed by atoms with Crippen LogP contribution in [0.25, 0.3) is 0 Å². The lowest BCUT2D eigenvalue weighted by molar-refractivity contribution is 0.114. The van der Waals surface area contributed by atoms with E-state index in [4.69, 9.17) is 10.5 Å². The first-order valence-electron chi connectivity index (χ1n) is 7.06. The van der Waals surface area contributed by atoms with Crippen molar-refractivity contribution in [1.29, 1.82) is 0 Å². The Kier molecular flexibility index (Phi) is 10.6. The summed E-state index contributed by atoms with van der Waals surface area (Å²) in [6.45, 7) is 11.0. The van der Waals surface area contributed by atoms with Gasteiger partial charge in [-0.3, -0.25) is 9.89 Å². The third-order valence-electron chi connectivity index (χ3n) is 3.50. The Balaban J connectivity index is 0.00000324. The van der Waals surface area contributed by atoms with Gasteiger partial charge in [-0.1, -0.05) is 13.8 Å². The first-order chi connectivity index (χ1) is 8.67. The van der Waals surface area contributed by atoms with Crippen molar-refractivity contribution in [3.8, 4) is 0 Å². The summed E-state index contributed by atoms with van der Waals surface area (Å²) in [5.74, 6) is 0.532. The fourth-order valence-corrected chi connectivity index (χ4v) is 2.27. The van der Waals surface area contributed by atoms with E-state index >= 15 is 0 Å². The van der Waals surface area contributed by atoms with Crippen molar-refractivity contribution >= 4 is 29.9 Å². The molecule has 2 unspecified atom stereocenters. The number of nitrogens with zero attached hydrogens (tertiary/aromatic N) is 2. The lowest BCUT2D eigenvalue weighted by Crippen LogP contribution is -2.39. The van der Waals surface area contributed by atoms with Gasteiger partial charge in [0.2, 0.25) is 0 Å². The molecule has 1 saturated heterocycles. The van der Waals surface area contributed by atoms with E-state index < -0.39 is 0 Å². The summed E-state index contributed by atoms with van der Waals surface area (Å²) in [5.41, 5.74) is 5.85. The number of nitrogens with two attached hydrogens (primary N) is 1. The molecule has 19 heavy (non-hydrogen) atoms. The molecule has 0 saturated carbocycles. The van der Waals surface area contributed by atoms with Crippen LogP contribution in [0.3, 0.4) is 0 Å². The van der Waals surface area contributed by atoms with Gasteiger partial charge in [0.1, 0.15) is 0 Å². The third kappa shape index (κ3) is 7.31. The largest absolute Gasteiger partial charge is 0.376 e. The van der Waals surface area contributed by atoms with Gasteiger partial charge in [0.05, 0.1) is 12.6 Å². The predicted molar refractivity (Wildman–Crippen MR) is 91.3 cm³/mol. The van der Waals surface area contributed by atoms with Crippen LogP contribution < -0.4 is 11.1 Å². The van der Waals surface area contributed by atoms with Crippen molar-refractivity contribution in [3.05, 3.63) is 0 Å². The summed E-state index contributed by atoms with van der Waals surface area (Å²) in [5, 5.41) is 3.14. The van der Waals surface area contributed by atoms with E-state index in [-0.39, 0.29) is 24.0 Å². The summed E-state index contributed by atoms with van der Waals surface area (Å²) in [6, 6.07) is 0.433. The molecule has 0 bridgehead atoms. The Morgan fingerprint density at radius 2 is 2.16 bits per heavy atom. The molecule has 0 radical (unpaired) electrons. The van der Waals surface area contributed by atoms with E-state index in [1.54, 1.807) is 0 Å². The summed E-state index contributed by atoms with van der Waals surface area (Å²) in [7, 11) is 0. The van der Waals surface area contributed by atoms with Gasteiger partial charge < -0.3 is 15.8 Å². The maximum atomic E-state index is 5.85. The van der Waals surface area contributed by atoms with Gasteiger partial charge in [0, 0.05) is 19.2 Å². The summed E-state index contributed by atoms with van der Waals surface area (Å²) in [6.07, 6.45) is 2.58. The molecule has 3 N–H and O–H groups in total. The molecule has 0 aliphatic carbocycles. The zero-order valence-corrected chi connectivity index (χ0v) is 14.7. The molecular weight excluding hydrogens is 355 g/mol. The van der Waals surface area contributed by atoms with E-state index in [0.29, 0.717) is 18.1 Å². The number of guanidine groups is 1. The molecule has 0 aromatic rings. The average molecular weight is 384 g/mol. The van der Waals surface area contributed by atoms with Crippen LogP contribution in [0.5, 0.6) is 0 Å². The van der Waals surface area contributed by atoms with Crippen LogP contribution in [-0.2, 0) is 4.74 Å². The van der Waals surface area contributed by atoms with Gasteiger partial charge >= 0.3 is 0 Å². The Morgan fingerprint density at radius 3 is 2.68 bits per heavy atom. The van der Waals surface area contributed by atoms with Gasteiger partial charge in [-0.15, -0.1) is 24.0 Å². The fourth-order valence-electron chi connectivity index (χ4n) is 2.27. The minimum atomic E-state index is 0. The summed E-state index contributed by atoms with van der Waals surface area (Å²) >= 11 is 0. The van der Waals surface area contributed by atoms with Gasteiger partial charge in [-0.25, -0.2) is 0 Å². The zero-order chi connectivity index (χ0) is 13.4. The highest BCUT2D eigenvalue weighted by Crippen LogP contribution is 2.10. The monoisotopic (exact) mass is 384 g/mol. The highest BCUT2D eigenvalue weighted by Gasteiger charge is 2.15.